The third-order valence-electron chi connectivity index (χ3n) is 3.30. The summed E-state index contributed by atoms with van der Waals surface area (Å²) in [5.41, 5.74) is 3.41. The van der Waals surface area contributed by atoms with Gasteiger partial charge in [-0.3, -0.25) is 4.79 Å². The monoisotopic (exact) mass is 278 g/mol. The molecule has 0 saturated carbocycles. The lowest BCUT2D eigenvalue weighted by Crippen LogP contribution is -2.39. The Balaban J connectivity index is 2.61. The maximum atomic E-state index is 12.0. The smallest absolute Gasteiger partial charge is 0.260 e. The average Bonchev–Trinajstić information content (AvgIpc) is 2.34. The van der Waals surface area contributed by atoms with E-state index in [1.165, 1.54) is 5.56 Å². The Morgan fingerprint density at radius 3 is 2.55 bits per heavy atom. The predicted octanol–water partition coefficient (Wildman–Crippen LogP) is 2.06. The fraction of sp³-hybridized carbons (Fsp3) is 0.562. The number of nitrogens with one attached hydrogen (secondary N) is 1. The lowest BCUT2D eigenvalue weighted by atomic mass is 10.1. The summed E-state index contributed by atoms with van der Waals surface area (Å²) in [6.45, 7) is 9.33. The van der Waals surface area contributed by atoms with Gasteiger partial charge in [-0.25, -0.2) is 0 Å². The standard InChI is InChI=1S/C16H26N2O2/c1-11-9-12(2)13(3)15(10-11)20-14(4)16(19)17-7-8-18(5)6/h9-10,14H,7-8H2,1-6H3,(H,17,19)/t14-/m0/s1. The van der Waals surface area contributed by atoms with E-state index in [1.54, 1.807) is 6.92 Å². The number of likely N-dealkylation sites (N-methyl/N-ethyl adjacent to an activating group) is 1. The van der Waals surface area contributed by atoms with Gasteiger partial charge in [0.1, 0.15) is 5.75 Å². The van der Waals surface area contributed by atoms with Crippen LogP contribution in [0.3, 0.4) is 0 Å². The number of amides is 1. The van der Waals surface area contributed by atoms with E-state index in [9.17, 15) is 4.79 Å². The molecule has 1 atom stereocenters. The molecule has 112 valence electrons. The highest BCUT2D eigenvalue weighted by molar-refractivity contribution is 5.80. The van der Waals surface area contributed by atoms with Gasteiger partial charge in [-0.2, -0.15) is 0 Å². The SMILES string of the molecule is Cc1cc(C)c(C)c(O[C@@H](C)C(=O)NCCN(C)C)c1. The van der Waals surface area contributed by atoms with Gasteiger partial charge in [0.2, 0.25) is 0 Å². The molecule has 1 amide bonds. The summed E-state index contributed by atoms with van der Waals surface area (Å²) in [4.78, 5) is 14.0. The minimum Gasteiger partial charge on any atom is -0.481 e. The second-order valence-electron chi connectivity index (χ2n) is 5.56. The van der Waals surface area contributed by atoms with Crippen molar-refractivity contribution in [3.05, 3.63) is 28.8 Å². The molecule has 0 aliphatic carbocycles. The molecule has 0 radical (unpaired) electrons. The molecule has 0 bridgehead atoms. The lowest BCUT2D eigenvalue weighted by molar-refractivity contribution is -0.127. The summed E-state index contributed by atoms with van der Waals surface area (Å²) in [7, 11) is 3.95. The highest BCUT2D eigenvalue weighted by atomic mass is 16.5. The molecule has 0 aliphatic rings. The molecule has 0 unspecified atom stereocenters. The van der Waals surface area contributed by atoms with E-state index < -0.39 is 6.10 Å². The van der Waals surface area contributed by atoms with Gasteiger partial charge in [-0.1, -0.05) is 6.07 Å². The Labute approximate surface area is 122 Å². The number of rotatable bonds is 6. The van der Waals surface area contributed by atoms with Gasteiger partial charge >= 0.3 is 0 Å². The maximum Gasteiger partial charge on any atom is 0.260 e. The van der Waals surface area contributed by atoms with Gasteiger partial charge in [0, 0.05) is 13.1 Å². The van der Waals surface area contributed by atoms with E-state index in [1.807, 2.05) is 38.9 Å². The van der Waals surface area contributed by atoms with Gasteiger partial charge in [0.25, 0.3) is 5.91 Å². The number of hydrogen-bond acceptors (Lipinski definition) is 3. The quantitative estimate of drug-likeness (QED) is 0.866. The summed E-state index contributed by atoms with van der Waals surface area (Å²) in [5.74, 6) is 0.711. The Hall–Kier alpha value is -1.55. The topological polar surface area (TPSA) is 41.6 Å². The van der Waals surface area contributed by atoms with Crippen LogP contribution in [0.25, 0.3) is 0 Å². The molecule has 1 aromatic rings. The molecule has 1 rings (SSSR count). The van der Waals surface area contributed by atoms with Crippen LogP contribution in [-0.2, 0) is 4.79 Å². The van der Waals surface area contributed by atoms with Crippen LogP contribution in [0.5, 0.6) is 5.75 Å². The minimum absolute atomic E-state index is 0.0783. The van der Waals surface area contributed by atoms with Gasteiger partial charge in [0.15, 0.2) is 6.10 Å². The summed E-state index contributed by atoms with van der Waals surface area (Å²) < 4.78 is 5.80. The van der Waals surface area contributed by atoms with Crippen molar-refractivity contribution in [3.63, 3.8) is 0 Å². The van der Waals surface area contributed by atoms with E-state index in [-0.39, 0.29) is 5.91 Å². The maximum absolute atomic E-state index is 12.0. The molecule has 4 heteroatoms. The molecule has 0 aromatic heterocycles. The highest BCUT2D eigenvalue weighted by Gasteiger charge is 2.16. The molecular formula is C16H26N2O2. The van der Waals surface area contributed by atoms with Crippen LogP contribution in [0.15, 0.2) is 12.1 Å². The Bertz CT molecular complexity index is 470. The molecule has 0 spiro atoms. The normalized spacial score (nSPS) is 12.3. The Morgan fingerprint density at radius 1 is 1.30 bits per heavy atom. The summed E-state index contributed by atoms with van der Waals surface area (Å²) >= 11 is 0. The Morgan fingerprint density at radius 2 is 1.95 bits per heavy atom. The third-order valence-corrected chi connectivity index (χ3v) is 3.30. The second kappa shape index (κ2) is 7.29. The molecule has 0 aliphatic heterocycles. The third kappa shape index (κ3) is 4.85. The first-order chi connectivity index (χ1) is 9.31. The number of hydrogen-bond donors (Lipinski definition) is 1. The molecule has 20 heavy (non-hydrogen) atoms. The first-order valence-corrected chi connectivity index (χ1v) is 6.98. The van der Waals surface area contributed by atoms with E-state index >= 15 is 0 Å². The predicted molar refractivity (Wildman–Crippen MR) is 82.3 cm³/mol. The number of carbonyl (C=O) groups excluding carboxylic acids is 1. The van der Waals surface area contributed by atoms with Crippen LogP contribution in [-0.4, -0.2) is 44.1 Å². The van der Waals surface area contributed by atoms with E-state index in [4.69, 9.17) is 4.74 Å². The molecule has 1 aromatic carbocycles. The number of aryl methyl sites for hydroxylation is 2. The summed E-state index contributed by atoms with van der Waals surface area (Å²) in [6.07, 6.45) is -0.489. The van der Waals surface area contributed by atoms with Crippen molar-refractivity contribution in [2.45, 2.75) is 33.8 Å². The molecule has 0 fully saturated rings. The van der Waals surface area contributed by atoms with Crippen molar-refractivity contribution < 1.29 is 9.53 Å². The average molecular weight is 278 g/mol. The zero-order valence-corrected chi connectivity index (χ0v) is 13.4. The summed E-state index contributed by atoms with van der Waals surface area (Å²) in [5, 5.41) is 2.88. The van der Waals surface area contributed by atoms with Crippen LogP contribution in [0, 0.1) is 20.8 Å². The van der Waals surface area contributed by atoms with Gasteiger partial charge in [0.05, 0.1) is 0 Å². The highest BCUT2D eigenvalue weighted by Crippen LogP contribution is 2.24. The van der Waals surface area contributed by atoms with Crippen LogP contribution >= 0.6 is 0 Å². The largest absolute Gasteiger partial charge is 0.481 e. The molecule has 0 saturated heterocycles. The summed E-state index contributed by atoms with van der Waals surface area (Å²) in [6, 6.07) is 4.09. The number of ether oxygens (including phenoxy) is 1. The zero-order valence-electron chi connectivity index (χ0n) is 13.4. The van der Waals surface area contributed by atoms with Gasteiger partial charge in [-0.15, -0.1) is 0 Å². The second-order valence-corrected chi connectivity index (χ2v) is 5.56. The fourth-order valence-electron chi connectivity index (χ4n) is 1.91. The zero-order chi connectivity index (χ0) is 15.3. The van der Waals surface area contributed by atoms with Crippen LogP contribution in [0.4, 0.5) is 0 Å². The molecule has 0 heterocycles. The van der Waals surface area contributed by atoms with Gasteiger partial charge in [-0.05, 0) is 64.5 Å². The minimum atomic E-state index is -0.489. The first kappa shape index (κ1) is 16.5. The van der Waals surface area contributed by atoms with Crippen molar-refractivity contribution in [1.82, 2.24) is 10.2 Å². The van der Waals surface area contributed by atoms with E-state index in [0.29, 0.717) is 6.54 Å². The first-order valence-electron chi connectivity index (χ1n) is 6.98. The molecular weight excluding hydrogens is 252 g/mol. The number of nitrogens with zero attached hydrogens (tertiary/aromatic N) is 1. The fourth-order valence-corrected chi connectivity index (χ4v) is 1.91. The van der Waals surface area contributed by atoms with Crippen molar-refractivity contribution >= 4 is 5.91 Å². The van der Waals surface area contributed by atoms with Crippen LogP contribution in [0.1, 0.15) is 23.6 Å². The van der Waals surface area contributed by atoms with E-state index in [0.717, 1.165) is 23.4 Å². The number of benzene rings is 1. The van der Waals surface area contributed by atoms with Gasteiger partial charge < -0.3 is 15.0 Å². The van der Waals surface area contributed by atoms with Crippen LogP contribution in [0.2, 0.25) is 0 Å². The van der Waals surface area contributed by atoms with Crippen molar-refractivity contribution in [2.75, 3.05) is 27.2 Å². The van der Waals surface area contributed by atoms with Crippen molar-refractivity contribution in [2.24, 2.45) is 0 Å². The number of carbonyl (C=O) groups is 1. The van der Waals surface area contributed by atoms with Crippen molar-refractivity contribution in [3.8, 4) is 5.75 Å². The Kier molecular flexibility index (Phi) is 6.02. The molecule has 4 nitrogen and oxygen atoms in total. The molecule has 1 N–H and O–H groups in total. The van der Waals surface area contributed by atoms with Crippen LogP contribution < -0.4 is 10.1 Å². The lowest BCUT2D eigenvalue weighted by Gasteiger charge is -2.18. The van der Waals surface area contributed by atoms with E-state index in [2.05, 4.69) is 18.3 Å². The van der Waals surface area contributed by atoms with Crippen molar-refractivity contribution in [1.29, 1.82) is 0 Å².